The molecule has 1 atom stereocenters. The molecule has 0 saturated carbocycles. The van der Waals surface area contributed by atoms with Gasteiger partial charge in [-0.3, -0.25) is 0 Å². The smallest absolute Gasteiger partial charge is 0.245 e. The molecule has 0 aliphatic carbocycles. The third-order valence-corrected chi connectivity index (χ3v) is 1.50. The number of aliphatic hydroxyl groups excluding tert-OH is 1. The molecule has 1 unspecified atom stereocenters. The first-order valence-electron chi connectivity index (χ1n) is 3.45. The van der Waals surface area contributed by atoms with Gasteiger partial charge >= 0.3 is 0 Å². The molecule has 0 amide bonds. The van der Waals surface area contributed by atoms with Gasteiger partial charge in [0.2, 0.25) is 6.33 Å². The molecule has 1 aromatic heterocycles. The molecule has 3 nitrogen and oxygen atoms in total. The van der Waals surface area contributed by atoms with E-state index < -0.39 is 0 Å². The van der Waals surface area contributed by atoms with Crippen LogP contribution in [0.3, 0.4) is 0 Å². The van der Waals surface area contributed by atoms with Crippen LogP contribution in [-0.4, -0.2) is 9.67 Å². The van der Waals surface area contributed by atoms with Gasteiger partial charge in [0.25, 0.3) is 0 Å². The Balaban J connectivity index is 0.000001000. The van der Waals surface area contributed by atoms with Crippen molar-refractivity contribution in [3.63, 3.8) is 0 Å². The molecule has 0 aliphatic rings. The lowest BCUT2D eigenvalue weighted by molar-refractivity contribution is -0.759. The van der Waals surface area contributed by atoms with Crippen molar-refractivity contribution >= 4 is 0 Å². The fourth-order valence-electron chi connectivity index (χ4n) is 0.857. The van der Waals surface area contributed by atoms with Crippen molar-refractivity contribution in [1.29, 1.82) is 0 Å². The van der Waals surface area contributed by atoms with Gasteiger partial charge < -0.3 is 22.1 Å². The van der Waals surface area contributed by atoms with E-state index in [9.17, 15) is 5.11 Å². The number of aromatic nitrogens is 2. The van der Waals surface area contributed by atoms with Crippen LogP contribution in [0.15, 0.2) is 18.7 Å². The Morgan fingerprint density at radius 1 is 1.64 bits per heavy atom. The Morgan fingerprint density at radius 3 is 2.64 bits per heavy atom. The molecule has 0 saturated heterocycles. The average Bonchev–Trinajstić information content (AvgIpc) is 2.34. The first-order chi connectivity index (χ1) is 4.74. The third kappa shape index (κ3) is 2.63. The van der Waals surface area contributed by atoms with Crippen LogP contribution < -0.4 is 21.5 Å². The number of hydrogen-bond acceptors (Lipinski definition) is 1. The lowest BCUT2D eigenvalue weighted by atomic mass is 10.4. The van der Waals surface area contributed by atoms with Gasteiger partial charge in [-0.1, -0.05) is 6.92 Å². The van der Waals surface area contributed by atoms with Crippen LogP contribution in [0.4, 0.5) is 0 Å². The van der Waals surface area contributed by atoms with E-state index in [0.717, 1.165) is 6.42 Å². The van der Waals surface area contributed by atoms with Crippen LogP contribution in [-0.2, 0) is 7.05 Å². The fraction of sp³-hybridized carbons (Fsp3) is 0.571. The van der Waals surface area contributed by atoms with Crippen LogP contribution in [0.5, 0.6) is 0 Å². The summed E-state index contributed by atoms with van der Waals surface area (Å²) >= 11 is 0. The summed E-state index contributed by atoms with van der Waals surface area (Å²) in [7, 11) is 1.93. The minimum atomic E-state index is -0.374. The highest BCUT2D eigenvalue weighted by molar-refractivity contribution is 4.62. The van der Waals surface area contributed by atoms with Gasteiger partial charge in [0.1, 0.15) is 12.4 Å². The second-order valence-corrected chi connectivity index (χ2v) is 2.42. The average molecular weight is 221 g/mol. The lowest BCUT2D eigenvalue weighted by Gasteiger charge is -2.00. The first-order valence-corrected chi connectivity index (χ1v) is 3.45. The van der Waals surface area contributed by atoms with Crippen LogP contribution in [0.2, 0.25) is 0 Å². The van der Waals surface area contributed by atoms with Crippen molar-refractivity contribution in [3.05, 3.63) is 18.7 Å². The van der Waals surface area contributed by atoms with E-state index in [1.807, 2.05) is 37.3 Å². The molecular weight excluding hydrogens is 208 g/mol. The summed E-state index contributed by atoms with van der Waals surface area (Å²) in [5, 5.41) is 9.29. The number of halogens is 1. The molecule has 64 valence electrons. The Bertz CT molecular complexity index is 212. The predicted octanol–water partition coefficient (Wildman–Crippen LogP) is -2.78. The maximum absolute atomic E-state index is 9.29. The van der Waals surface area contributed by atoms with Crippen LogP contribution in [0.1, 0.15) is 19.6 Å². The summed E-state index contributed by atoms with van der Waals surface area (Å²) in [6, 6.07) is 0. The molecule has 4 heteroatoms. The summed E-state index contributed by atoms with van der Waals surface area (Å²) in [4.78, 5) is 0. The Hall–Kier alpha value is -0.350. The standard InChI is InChI=1S/C7H13N2O.BrH/c1-3-7(10)9-5-4-8(2)6-9;/h4-7,10H,3H2,1-2H3;1H/q+1;/p-1. The van der Waals surface area contributed by atoms with Gasteiger partial charge in [-0.2, -0.15) is 0 Å². The van der Waals surface area contributed by atoms with Gasteiger partial charge in [0.05, 0.1) is 7.05 Å². The summed E-state index contributed by atoms with van der Waals surface area (Å²) < 4.78 is 3.68. The minimum absolute atomic E-state index is 0. The highest BCUT2D eigenvalue weighted by Crippen LogP contribution is 1.94. The number of hydrogen-bond donors (Lipinski definition) is 1. The summed E-state index contributed by atoms with van der Waals surface area (Å²) in [6.07, 6.45) is 5.98. The van der Waals surface area contributed by atoms with Gasteiger partial charge in [0, 0.05) is 6.42 Å². The zero-order valence-electron chi connectivity index (χ0n) is 6.74. The van der Waals surface area contributed by atoms with E-state index in [-0.39, 0.29) is 23.2 Å². The molecule has 0 spiro atoms. The Labute approximate surface area is 77.0 Å². The lowest BCUT2D eigenvalue weighted by Crippen LogP contribution is -3.00. The summed E-state index contributed by atoms with van der Waals surface area (Å²) in [5.41, 5.74) is 0. The van der Waals surface area contributed by atoms with Crippen LogP contribution >= 0.6 is 0 Å². The number of nitrogens with zero attached hydrogens (tertiary/aromatic N) is 2. The monoisotopic (exact) mass is 220 g/mol. The van der Waals surface area contributed by atoms with Crippen molar-refractivity contribution < 1.29 is 26.7 Å². The number of aryl methyl sites for hydroxylation is 1. The SMILES string of the molecule is CCC(O)[n+]1ccn(C)c1.[Br-]. The van der Waals surface area contributed by atoms with Gasteiger partial charge in [-0.05, 0) is 0 Å². The highest BCUT2D eigenvalue weighted by atomic mass is 79.9. The van der Waals surface area contributed by atoms with E-state index in [2.05, 4.69) is 0 Å². The first kappa shape index (κ1) is 10.7. The summed E-state index contributed by atoms with van der Waals surface area (Å²) in [6.45, 7) is 1.95. The molecule has 1 N–H and O–H groups in total. The quantitative estimate of drug-likeness (QED) is 0.538. The van der Waals surface area contributed by atoms with Gasteiger partial charge in [-0.25, -0.2) is 9.13 Å². The van der Waals surface area contributed by atoms with Crippen molar-refractivity contribution in [3.8, 4) is 0 Å². The molecule has 0 aromatic carbocycles. The highest BCUT2D eigenvalue weighted by Gasteiger charge is 2.07. The maximum atomic E-state index is 9.29. The number of imidazole rings is 1. The number of rotatable bonds is 2. The fourth-order valence-corrected chi connectivity index (χ4v) is 0.857. The third-order valence-electron chi connectivity index (χ3n) is 1.50. The molecular formula is C7H13BrN2O. The Kier molecular flexibility index (Phi) is 4.37. The van der Waals surface area contributed by atoms with Crippen molar-refractivity contribution in [2.45, 2.75) is 19.6 Å². The second kappa shape index (κ2) is 4.51. The van der Waals surface area contributed by atoms with Gasteiger partial charge in [-0.15, -0.1) is 0 Å². The molecule has 0 aliphatic heterocycles. The normalized spacial score (nSPS) is 12.3. The molecule has 1 heterocycles. The topological polar surface area (TPSA) is 29.0 Å². The predicted molar refractivity (Wildman–Crippen MR) is 37.2 cm³/mol. The van der Waals surface area contributed by atoms with Crippen molar-refractivity contribution in [1.82, 2.24) is 4.57 Å². The minimum Gasteiger partial charge on any atom is -1.00 e. The second-order valence-electron chi connectivity index (χ2n) is 2.42. The van der Waals surface area contributed by atoms with Crippen LogP contribution in [0.25, 0.3) is 0 Å². The van der Waals surface area contributed by atoms with E-state index >= 15 is 0 Å². The molecule has 11 heavy (non-hydrogen) atoms. The van der Waals surface area contributed by atoms with Crippen LogP contribution in [0, 0.1) is 0 Å². The van der Waals surface area contributed by atoms with E-state index in [4.69, 9.17) is 0 Å². The Morgan fingerprint density at radius 2 is 2.27 bits per heavy atom. The van der Waals surface area contributed by atoms with Crippen molar-refractivity contribution in [2.24, 2.45) is 7.05 Å². The zero-order chi connectivity index (χ0) is 7.56. The summed E-state index contributed by atoms with van der Waals surface area (Å²) in [5.74, 6) is 0. The van der Waals surface area contributed by atoms with E-state index in [1.54, 1.807) is 4.57 Å². The number of aliphatic hydroxyl groups is 1. The maximum Gasteiger partial charge on any atom is 0.245 e. The molecule has 0 fully saturated rings. The van der Waals surface area contributed by atoms with Gasteiger partial charge in [0.15, 0.2) is 6.23 Å². The molecule has 0 bridgehead atoms. The molecule has 0 radical (unpaired) electrons. The molecule has 1 aromatic rings. The zero-order valence-corrected chi connectivity index (χ0v) is 8.32. The molecule has 1 rings (SSSR count). The largest absolute Gasteiger partial charge is 1.00 e. The van der Waals surface area contributed by atoms with E-state index in [1.165, 1.54) is 0 Å². The van der Waals surface area contributed by atoms with E-state index in [0.29, 0.717) is 0 Å². The van der Waals surface area contributed by atoms with Crippen molar-refractivity contribution in [2.75, 3.05) is 0 Å².